The Morgan fingerprint density at radius 2 is 2.16 bits per heavy atom. The second-order valence-electron chi connectivity index (χ2n) is 4.85. The zero-order chi connectivity index (χ0) is 14.6. The average molecular weight is 268 g/mol. The van der Waals surface area contributed by atoms with Crippen LogP contribution in [0.4, 0.5) is 0 Å². The number of nitrogens with zero attached hydrogens (tertiary/aromatic N) is 2. The zero-order valence-electron chi connectivity index (χ0n) is 11.7. The Kier molecular flexibility index (Phi) is 4.69. The van der Waals surface area contributed by atoms with Gasteiger partial charge in [-0.2, -0.15) is 5.10 Å². The Morgan fingerprint density at radius 3 is 2.53 bits per heavy atom. The molecule has 19 heavy (non-hydrogen) atoms. The van der Waals surface area contributed by atoms with Crippen LogP contribution in [0.2, 0.25) is 0 Å². The van der Waals surface area contributed by atoms with Crippen LogP contribution in [0, 0.1) is 11.3 Å². The van der Waals surface area contributed by atoms with Gasteiger partial charge in [-0.05, 0) is 18.4 Å². The summed E-state index contributed by atoms with van der Waals surface area (Å²) in [7, 11) is 1.74. The third-order valence-corrected chi connectivity index (χ3v) is 3.25. The fraction of sp³-hybridized carbons (Fsp3) is 0.615. The third kappa shape index (κ3) is 2.94. The number of carboxylic acids is 1. The molecule has 0 bridgehead atoms. The third-order valence-electron chi connectivity index (χ3n) is 3.25. The van der Waals surface area contributed by atoms with Crippen molar-refractivity contribution in [1.29, 1.82) is 0 Å². The summed E-state index contributed by atoms with van der Waals surface area (Å²) in [6.07, 6.45) is 3.35. The Hall–Kier alpha value is -1.85. The van der Waals surface area contributed by atoms with Gasteiger partial charge in [0.25, 0.3) is 0 Å². The molecule has 0 saturated carbocycles. The summed E-state index contributed by atoms with van der Waals surface area (Å²) in [5.74, 6) is -2.24. The number of aryl methyl sites for hydroxylation is 1. The zero-order valence-corrected chi connectivity index (χ0v) is 11.7. The van der Waals surface area contributed by atoms with Crippen LogP contribution < -0.4 is 0 Å². The first kappa shape index (κ1) is 15.2. The maximum absolute atomic E-state index is 12.1. The van der Waals surface area contributed by atoms with Crippen LogP contribution in [0.3, 0.4) is 0 Å². The summed E-state index contributed by atoms with van der Waals surface area (Å²) in [4.78, 5) is 23.8. The van der Waals surface area contributed by atoms with E-state index in [1.807, 2.05) is 0 Å². The van der Waals surface area contributed by atoms with Crippen molar-refractivity contribution in [3.63, 3.8) is 0 Å². The van der Waals surface area contributed by atoms with Gasteiger partial charge in [-0.25, -0.2) is 0 Å². The van der Waals surface area contributed by atoms with Crippen molar-refractivity contribution in [3.05, 3.63) is 18.0 Å². The lowest BCUT2D eigenvalue weighted by Crippen LogP contribution is -2.46. The molecule has 0 aliphatic rings. The minimum absolute atomic E-state index is 0.0761. The SMILES string of the molecule is CCOC(=O)C(Cc1cnn(C)c1)(C(=O)O)C(C)C. The lowest BCUT2D eigenvalue weighted by molar-refractivity contribution is -0.172. The number of ether oxygens (including phenoxy) is 1. The summed E-state index contributed by atoms with van der Waals surface area (Å²) in [6.45, 7) is 5.24. The van der Waals surface area contributed by atoms with Crippen molar-refractivity contribution >= 4 is 11.9 Å². The quantitative estimate of drug-likeness (QED) is 0.620. The number of esters is 1. The van der Waals surface area contributed by atoms with Gasteiger partial charge in [0.05, 0.1) is 12.8 Å². The number of aliphatic carboxylic acids is 1. The Labute approximate surface area is 112 Å². The maximum Gasteiger partial charge on any atom is 0.324 e. The largest absolute Gasteiger partial charge is 0.480 e. The van der Waals surface area contributed by atoms with Gasteiger partial charge < -0.3 is 9.84 Å². The second kappa shape index (κ2) is 5.86. The number of hydrogen-bond donors (Lipinski definition) is 1. The van der Waals surface area contributed by atoms with Gasteiger partial charge in [-0.1, -0.05) is 13.8 Å². The van der Waals surface area contributed by atoms with Crippen molar-refractivity contribution in [2.45, 2.75) is 27.2 Å². The van der Waals surface area contributed by atoms with Gasteiger partial charge in [-0.15, -0.1) is 0 Å². The van der Waals surface area contributed by atoms with E-state index >= 15 is 0 Å². The maximum atomic E-state index is 12.1. The van der Waals surface area contributed by atoms with Gasteiger partial charge in [-0.3, -0.25) is 14.3 Å². The minimum Gasteiger partial charge on any atom is -0.480 e. The molecule has 6 heteroatoms. The summed E-state index contributed by atoms with van der Waals surface area (Å²) >= 11 is 0. The van der Waals surface area contributed by atoms with Crippen LogP contribution in [0.1, 0.15) is 26.3 Å². The van der Waals surface area contributed by atoms with E-state index in [-0.39, 0.29) is 18.9 Å². The van der Waals surface area contributed by atoms with Gasteiger partial charge in [0.2, 0.25) is 0 Å². The molecule has 1 aromatic heterocycles. The van der Waals surface area contributed by atoms with E-state index in [0.717, 1.165) is 0 Å². The van der Waals surface area contributed by atoms with Crippen LogP contribution in [-0.4, -0.2) is 33.4 Å². The van der Waals surface area contributed by atoms with Gasteiger partial charge in [0.1, 0.15) is 0 Å². The van der Waals surface area contributed by atoms with Crippen molar-refractivity contribution in [2.24, 2.45) is 18.4 Å². The van der Waals surface area contributed by atoms with E-state index in [9.17, 15) is 14.7 Å². The lowest BCUT2D eigenvalue weighted by Gasteiger charge is -2.30. The Morgan fingerprint density at radius 1 is 1.53 bits per heavy atom. The molecule has 0 radical (unpaired) electrons. The van der Waals surface area contributed by atoms with Crippen LogP contribution in [0.15, 0.2) is 12.4 Å². The predicted octanol–water partition coefficient (Wildman–Crippen LogP) is 1.25. The fourth-order valence-corrected chi connectivity index (χ4v) is 2.07. The van der Waals surface area contributed by atoms with Crippen molar-refractivity contribution in [2.75, 3.05) is 6.61 Å². The molecule has 0 saturated heterocycles. The van der Waals surface area contributed by atoms with E-state index in [1.165, 1.54) is 0 Å². The molecule has 1 aromatic rings. The highest BCUT2D eigenvalue weighted by Gasteiger charge is 2.50. The molecule has 0 amide bonds. The summed E-state index contributed by atoms with van der Waals surface area (Å²) < 4.78 is 6.54. The molecule has 106 valence electrons. The molecular formula is C13H20N2O4. The lowest BCUT2D eigenvalue weighted by atomic mass is 9.73. The Bertz CT molecular complexity index is 467. The van der Waals surface area contributed by atoms with Crippen molar-refractivity contribution in [1.82, 2.24) is 9.78 Å². The van der Waals surface area contributed by atoms with Crippen LogP contribution in [0.5, 0.6) is 0 Å². The molecule has 0 aliphatic heterocycles. The smallest absolute Gasteiger partial charge is 0.324 e. The predicted molar refractivity (Wildman–Crippen MR) is 68.5 cm³/mol. The molecule has 1 rings (SSSR count). The highest BCUT2D eigenvalue weighted by atomic mass is 16.5. The molecule has 1 unspecified atom stereocenters. The molecule has 6 nitrogen and oxygen atoms in total. The summed E-state index contributed by atoms with van der Waals surface area (Å²) in [6, 6.07) is 0. The van der Waals surface area contributed by atoms with E-state index < -0.39 is 17.4 Å². The van der Waals surface area contributed by atoms with E-state index in [0.29, 0.717) is 5.56 Å². The van der Waals surface area contributed by atoms with Crippen molar-refractivity contribution < 1.29 is 19.4 Å². The standard InChI is InChI=1S/C13H20N2O4/c1-5-19-12(18)13(9(2)3,11(16)17)6-10-7-14-15(4)8-10/h7-9H,5-6H2,1-4H3,(H,16,17). The molecule has 0 aliphatic carbocycles. The van der Waals surface area contributed by atoms with Crippen molar-refractivity contribution in [3.8, 4) is 0 Å². The molecule has 1 N–H and O–H groups in total. The number of carboxylic acid groups (broad SMARTS) is 1. The monoisotopic (exact) mass is 268 g/mol. The van der Waals surface area contributed by atoms with E-state index in [1.54, 1.807) is 44.9 Å². The first-order valence-corrected chi connectivity index (χ1v) is 6.22. The molecule has 0 spiro atoms. The number of carbonyl (C=O) groups excluding carboxylic acids is 1. The number of rotatable bonds is 6. The molecule has 1 atom stereocenters. The van der Waals surface area contributed by atoms with Gasteiger partial charge in [0, 0.05) is 19.7 Å². The van der Waals surface area contributed by atoms with E-state index in [4.69, 9.17) is 4.74 Å². The van der Waals surface area contributed by atoms with Gasteiger partial charge >= 0.3 is 11.9 Å². The van der Waals surface area contributed by atoms with Gasteiger partial charge in [0.15, 0.2) is 5.41 Å². The van der Waals surface area contributed by atoms with Crippen LogP contribution in [0.25, 0.3) is 0 Å². The fourth-order valence-electron chi connectivity index (χ4n) is 2.07. The minimum atomic E-state index is -1.57. The summed E-state index contributed by atoms with van der Waals surface area (Å²) in [5.41, 5.74) is -0.870. The van der Waals surface area contributed by atoms with E-state index in [2.05, 4.69) is 5.10 Å². The number of aromatic nitrogens is 2. The number of carbonyl (C=O) groups is 2. The molecule has 1 heterocycles. The highest BCUT2D eigenvalue weighted by molar-refractivity contribution is 5.99. The Balaban J connectivity index is 3.16. The second-order valence-corrected chi connectivity index (χ2v) is 4.85. The summed E-state index contributed by atoms with van der Waals surface area (Å²) in [5, 5.41) is 13.5. The molecule has 0 fully saturated rings. The number of hydrogen-bond acceptors (Lipinski definition) is 4. The highest BCUT2D eigenvalue weighted by Crippen LogP contribution is 2.34. The first-order valence-electron chi connectivity index (χ1n) is 6.22. The average Bonchev–Trinajstić information content (AvgIpc) is 2.70. The normalized spacial score (nSPS) is 14.2. The molecule has 0 aromatic carbocycles. The van der Waals surface area contributed by atoms with Crippen LogP contribution in [-0.2, 0) is 27.8 Å². The molecular weight excluding hydrogens is 248 g/mol. The first-order chi connectivity index (χ1) is 8.84. The topological polar surface area (TPSA) is 81.4 Å². The van der Waals surface area contributed by atoms with Crippen LogP contribution >= 0.6 is 0 Å².